The summed E-state index contributed by atoms with van der Waals surface area (Å²) in [6.45, 7) is 7.03. The van der Waals surface area contributed by atoms with Crippen LogP contribution in [0.25, 0.3) is 82.9 Å². The van der Waals surface area contributed by atoms with E-state index < -0.39 is 0 Å². The fourth-order valence-electron chi connectivity index (χ4n) is 10.2. The Bertz CT molecular complexity index is 3630. The quantitative estimate of drug-likeness (QED) is 0.161. The molecule has 9 aromatic carbocycles. The molecule has 0 unspecified atom stereocenters. The van der Waals surface area contributed by atoms with Crippen LogP contribution in [0, 0.1) is 12.3 Å². The Labute approximate surface area is 379 Å². The molecule has 3 N–H and O–H groups in total. The van der Waals surface area contributed by atoms with Crippen LogP contribution in [0.2, 0.25) is 0 Å². The summed E-state index contributed by atoms with van der Waals surface area (Å²) >= 11 is 0. The lowest BCUT2D eigenvalue weighted by Gasteiger charge is -2.22. The Hall–Kier alpha value is -8.21. The highest BCUT2D eigenvalue weighted by atomic mass is 15.0. The van der Waals surface area contributed by atoms with Crippen molar-refractivity contribution in [1.29, 1.82) is 5.41 Å². The Morgan fingerprint density at radius 2 is 1.03 bits per heavy atom. The van der Waals surface area contributed by atoms with Gasteiger partial charge >= 0.3 is 0 Å². The van der Waals surface area contributed by atoms with Crippen molar-refractivity contribution in [1.82, 2.24) is 9.13 Å². The molecule has 0 atom stereocenters. The average molecular weight is 837 g/mol. The zero-order valence-electron chi connectivity index (χ0n) is 36.8. The summed E-state index contributed by atoms with van der Waals surface area (Å²) in [4.78, 5) is 0. The minimum absolute atomic E-state index is 0.0587. The molecule has 0 amide bonds. The first-order valence-electron chi connectivity index (χ1n) is 22.3. The number of allylic oxidation sites excluding steroid dienone is 1. The van der Waals surface area contributed by atoms with Crippen molar-refractivity contribution in [3.8, 4) is 33.6 Å². The van der Waals surface area contributed by atoms with Crippen LogP contribution in [-0.2, 0) is 5.41 Å². The van der Waals surface area contributed by atoms with Crippen LogP contribution < -0.4 is 5.73 Å². The maximum atomic E-state index is 7.95. The van der Waals surface area contributed by atoms with Crippen molar-refractivity contribution in [3.05, 3.63) is 246 Å². The van der Waals surface area contributed by atoms with Crippen molar-refractivity contribution in [3.63, 3.8) is 0 Å². The van der Waals surface area contributed by atoms with Crippen LogP contribution in [0.15, 0.2) is 218 Å². The topological polar surface area (TPSA) is 59.7 Å². The molecule has 0 fully saturated rings. The van der Waals surface area contributed by atoms with E-state index in [-0.39, 0.29) is 5.41 Å². The molecule has 0 radical (unpaired) electrons. The molecular formula is C61H48N4. The van der Waals surface area contributed by atoms with E-state index in [4.69, 9.17) is 11.1 Å². The van der Waals surface area contributed by atoms with Crippen molar-refractivity contribution < 1.29 is 0 Å². The number of aromatic nitrogens is 2. The summed E-state index contributed by atoms with van der Waals surface area (Å²) in [6.07, 6.45) is 1.69. The molecule has 0 aliphatic heterocycles. The molecule has 0 bridgehead atoms. The van der Waals surface area contributed by atoms with Crippen molar-refractivity contribution in [2.45, 2.75) is 26.2 Å². The van der Waals surface area contributed by atoms with E-state index in [1.54, 1.807) is 6.08 Å². The summed E-state index contributed by atoms with van der Waals surface area (Å²) in [5, 5.41) is 13.2. The van der Waals surface area contributed by atoms with Gasteiger partial charge in [-0.15, -0.1) is 0 Å². The van der Waals surface area contributed by atoms with Gasteiger partial charge in [-0.05, 0) is 100.0 Å². The number of fused-ring (bicyclic) bond motifs is 10. The smallest absolute Gasteiger partial charge is 0.0632 e. The lowest BCUT2D eigenvalue weighted by atomic mass is 9.81. The van der Waals surface area contributed by atoms with Gasteiger partial charge in [0, 0.05) is 49.6 Å². The third-order valence-corrected chi connectivity index (χ3v) is 13.3. The van der Waals surface area contributed by atoms with E-state index in [2.05, 4.69) is 182 Å². The molecule has 2 heterocycles. The second-order valence-corrected chi connectivity index (χ2v) is 17.6. The van der Waals surface area contributed by atoms with Gasteiger partial charge in [0.05, 0.1) is 27.8 Å². The summed E-state index contributed by atoms with van der Waals surface area (Å²) in [5.41, 5.74) is 25.4. The Morgan fingerprint density at radius 3 is 1.74 bits per heavy atom. The number of benzene rings is 9. The van der Waals surface area contributed by atoms with Gasteiger partial charge < -0.3 is 20.3 Å². The molecule has 0 saturated heterocycles. The Morgan fingerprint density at radius 1 is 0.492 bits per heavy atom. The number of nitrogens with two attached hydrogens (primary N) is 1. The standard InChI is InChI=1S/C46H34N2.C15H14N2/c1-29-27-39-44(36-16-7-10-18-38(36)46(39,2)3)45-43(29)37-17-9-12-20-41(37)48(45)33-24-21-30(22-25-33)31-23-26-35-34-15-8-11-19-40(34)47(42(35)28-31)32-13-5-4-6-14-32;16-14(12-7-3-1-4-8-12)11-15(17)13-9-5-2-6-10-13/h4-28H,1-3H3;1-11,16H,17H2/b;15-11-,16-14?. The third-order valence-electron chi connectivity index (χ3n) is 13.3. The SMILES string of the molecule is Cc1cc2c(c3c1c1ccccc1n3-c1ccc(-c3ccc4c5ccccc5n(-c5ccccc5)c4c3)cc1)-c1ccccc1C2(C)C.N=C(/C=C(\N)c1ccccc1)c1ccccc1. The number of hydrogen-bond acceptors (Lipinski definition) is 2. The predicted molar refractivity (Wildman–Crippen MR) is 275 cm³/mol. The number of hydrogen-bond donors (Lipinski definition) is 2. The highest BCUT2D eigenvalue weighted by Crippen LogP contribution is 2.53. The lowest BCUT2D eigenvalue weighted by molar-refractivity contribution is 0.660. The molecular weight excluding hydrogens is 789 g/mol. The first kappa shape index (κ1) is 39.6. The van der Waals surface area contributed by atoms with Crippen LogP contribution in [-0.4, -0.2) is 14.8 Å². The van der Waals surface area contributed by atoms with Gasteiger partial charge in [-0.25, -0.2) is 0 Å². The number of para-hydroxylation sites is 3. The van der Waals surface area contributed by atoms with E-state index in [1.165, 1.54) is 93.9 Å². The second-order valence-electron chi connectivity index (χ2n) is 17.6. The molecule has 11 aromatic rings. The van der Waals surface area contributed by atoms with E-state index >= 15 is 0 Å². The maximum Gasteiger partial charge on any atom is 0.0632 e. The molecule has 0 saturated carbocycles. The fraction of sp³-hybridized carbons (Fsp3) is 0.0656. The molecule has 12 rings (SSSR count). The molecule has 0 spiro atoms. The predicted octanol–water partition coefficient (Wildman–Crippen LogP) is 15.2. The molecule has 312 valence electrons. The Kier molecular flexibility index (Phi) is 9.66. The fourth-order valence-corrected chi connectivity index (χ4v) is 10.2. The monoisotopic (exact) mass is 836 g/mol. The minimum atomic E-state index is -0.0587. The van der Waals surface area contributed by atoms with Crippen LogP contribution in [0.4, 0.5) is 0 Å². The van der Waals surface area contributed by atoms with Gasteiger partial charge in [-0.2, -0.15) is 0 Å². The van der Waals surface area contributed by atoms with Crippen LogP contribution in [0.5, 0.6) is 0 Å². The van der Waals surface area contributed by atoms with Gasteiger partial charge in [0.1, 0.15) is 0 Å². The molecule has 1 aliphatic rings. The number of aryl methyl sites for hydroxylation is 1. The van der Waals surface area contributed by atoms with Crippen molar-refractivity contribution >= 4 is 55.0 Å². The number of nitrogens with one attached hydrogen (secondary N) is 1. The van der Waals surface area contributed by atoms with Gasteiger partial charge in [-0.3, -0.25) is 0 Å². The maximum absolute atomic E-state index is 7.95. The van der Waals surface area contributed by atoms with E-state index in [0.717, 1.165) is 11.1 Å². The zero-order chi connectivity index (χ0) is 44.2. The molecule has 1 aliphatic carbocycles. The van der Waals surface area contributed by atoms with E-state index in [0.29, 0.717) is 11.4 Å². The summed E-state index contributed by atoms with van der Waals surface area (Å²) in [5.74, 6) is 0. The van der Waals surface area contributed by atoms with Crippen molar-refractivity contribution in [2.75, 3.05) is 0 Å². The summed E-state index contributed by atoms with van der Waals surface area (Å²) in [7, 11) is 0. The highest BCUT2D eigenvalue weighted by Gasteiger charge is 2.38. The van der Waals surface area contributed by atoms with Crippen LogP contribution in [0.3, 0.4) is 0 Å². The largest absolute Gasteiger partial charge is 0.398 e. The molecule has 65 heavy (non-hydrogen) atoms. The first-order chi connectivity index (χ1) is 31.8. The van der Waals surface area contributed by atoms with Gasteiger partial charge in [0.15, 0.2) is 0 Å². The number of nitrogens with zero attached hydrogens (tertiary/aromatic N) is 2. The molecule has 2 aromatic heterocycles. The molecule has 4 nitrogen and oxygen atoms in total. The van der Waals surface area contributed by atoms with Crippen molar-refractivity contribution in [2.24, 2.45) is 5.73 Å². The van der Waals surface area contributed by atoms with Gasteiger partial charge in [0.2, 0.25) is 0 Å². The normalized spacial score (nSPS) is 12.9. The zero-order valence-corrected chi connectivity index (χ0v) is 36.8. The van der Waals surface area contributed by atoms with Gasteiger partial charge in [0.25, 0.3) is 0 Å². The highest BCUT2D eigenvalue weighted by molar-refractivity contribution is 6.17. The number of rotatable bonds is 6. The third kappa shape index (κ3) is 6.65. The second kappa shape index (κ2) is 15.9. The van der Waals surface area contributed by atoms with Crippen LogP contribution >= 0.6 is 0 Å². The van der Waals surface area contributed by atoms with Gasteiger partial charge in [-0.1, -0.05) is 184 Å². The van der Waals surface area contributed by atoms with Crippen LogP contribution in [0.1, 0.15) is 41.7 Å². The summed E-state index contributed by atoms with van der Waals surface area (Å²) in [6, 6.07) is 75.1. The summed E-state index contributed by atoms with van der Waals surface area (Å²) < 4.78 is 4.90. The molecule has 4 heteroatoms. The van der Waals surface area contributed by atoms with E-state index in [9.17, 15) is 0 Å². The van der Waals surface area contributed by atoms with E-state index in [1.807, 2.05) is 60.7 Å². The average Bonchev–Trinajstić information content (AvgIpc) is 3.96. The Balaban J connectivity index is 0.000000233. The minimum Gasteiger partial charge on any atom is -0.398 e. The lowest BCUT2D eigenvalue weighted by Crippen LogP contribution is -2.15. The first-order valence-corrected chi connectivity index (χ1v) is 22.3.